The molecule has 0 bridgehead atoms. The zero-order valence-corrected chi connectivity index (χ0v) is 16.3. The number of nitrogens with one attached hydrogen (secondary N) is 2. The zero-order valence-electron chi connectivity index (χ0n) is 16.3. The van der Waals surface area contributed by atoms with Gasteiger partial charge in [-0.1, -0.05) is 48.5 Å². The Kier molecular flexibility index (Phi) is 6.43. The van der Waals surface area contributed by atoms with Crippen molar-refractivity contribution in [3.05, 3.63) is 102 Å². The molecular weight excluding hydrogens is 364 g/mol. The third-order valence-corrected chi connectivity index (χ3v) is 4.32. The monoisotopic (exact) mass is 386 g/mol. The standard InChI is InChI=1S/C24H22N2O3/c1-17(25-20-13-15-21(29-2)16-14-20)22(23(27)18-9-5-3-6-10-18)24(28)26-19-11-7-4-8-12-19/h3-16,25H,1-2H3,(H,26,28)/b22-17-. The molecule has 0 saturated carbocycles. The fourth-order valence-electron chi connectivity index (χ4n) is 2.85. The van der Waals surface area contributed by atoms with Gasteiger partial charge in [-0.3, -0.25) is 9.59 Å². The number of carbonyl (C=O) groups is 2. The first-order chi connectivity index (χ1) is 14.1. The summed E-state index contributed by atoms with van der Waals surface area (Å²) in [7, 11) is 1.60. The van der Waals surface area contributed by atoms with Crippen LogP contribution in [0.4, 0.5) is 11.4 Å². The van der Waals surface area contributed by atoms with Crippen molar-refractivity contribution in [2.75, 3.05) is 17.7 Å². The van der Waals surface area contributed by atoms with Crippen LogP contribution in [-0.4, -0.2) is 18.8 Å². The number of ketones is 1. The number of rotatable bonds is 7. The van der Waals surface area contributed by atoms with Crippen LogP contribution in [0, 0.1) is 0 Å². The first kappa shape index (κ1) is 19.9. The van der Waals surface area contributed by atoms with E-state index >= 15 is 0 Å². The summed E-state index contributed by atoms with van der Waals surface area (Å²) in [6.07, 6.45) is 0. The summed E-state index contributed by atoms with van der Waals surface area (Å²) < 4.78 is 5.16. The molecule has 0 unspecified atom stereocenters. The van der Waals surface area contributed by atoms with Crippen molar-refractivity contribution in [2.24, 2.45) is 0 Å². The number of allylic oxidation sites excluding steroid dienone is 1. The summed E-state index contributed by atoms with van der Waals surface area (Å²) in [6.45, 7) is 1.71. The van der Waals surface area contributed by atoms with E-state index in [9.17, 15) is 9.59 Å². The second kappa shape index (κ2) is 9.37. The number of amides is 1. The number of anilines is 2. The molecule has 0 aliphatic carbocycles. The van der Waals surface area contributed by atoms with E-state index in [0.29, 0.717) is 16.9 Å². The SMILES string of the molecule is COc1ccc(N/C(C)=C(\C(=O)Nc2ccccc2)C(=O)c2ccccc2)cc1. The Balaban J connectivity index is 1.94. The molecule has 0 spiro atoms. The van der Waals surface area contributed by atoms with Gasteiger partial charge in [0, 0.05) is 22.6 Å². The molecule has 0 heterocycles. The topological polar surface area (TPSA) is 67.4 Å². The van der Waals surface area contributed by atoms with Crippen LogP contribution in [0.5, 0.6) is 5.75 Å². The zero-order chi connectivity index (χ0) is 20.6. The predicted molar refractivity (Wildman–Crippen MR) is 115 cm³/mol. The molecule has 3 aromatic carbocycles. The summed E-state index contributed by atoms with van der Waals surface area (Å²) in [5, 5.41) is 5.95. The summed E-state index contributed by atoms with van der Waals surface area (Å²) in [6, 6.07) is 25.0. The Morgan fingerprint density at radius 3 is 1.86 bits per heavy atom. The van der Waals surface area contributed by atoms with E-state index in [2.05, 4.69) is 10.6 Å². The number of hydrogen-bond acceptors (Lipinski definition) is 4. The summed E-state index contributed by atoms with van der Waals surface area (Å²) in [5.41, 5.74) is 2.32. The van der Waals surface area contributed by atoms with Crippen molar-refractivity contribution in [2.45, 2.75) is 6.92 Å². The minimum atomic E-state index is -0.469. The van der Waals surface area contributed by atoms with Crippen LogP contribution in [0.25, 0.3) is 0 Å². The van der Waals surface area contributed by atoms with Gasteiger partial charge in [-0.15, -0.1) is 0 Å². The smallest absolute Gasteiger partial charge is 0.261 e. The quantitative estimate of drug-likeness (QED) is 0.262. The van der Waals surface area contributed by atoms with Gasteiger partial charge >= 0.3 is 0 Å². The van der Waals surface area contributed by atoms with E-state index in [0.717, 1.165) is 11.4 Å². The maximum Gasteiger partial charge on any atom is 0.261 e. The minimum Gasteiger partial charge on any atom is -0.497 e. The summed E-state index contributed by atoms with van der Waals surface area (Å²) >= 11 is 0. The second-order valence-electron chi connectivity index (χ2n) is 6.37. The van der Waals surface area contributed by atoms with Gasteiger partial charge in [0.05, 0.1) is 7.11 Å². The highest BCUT2D eigenvalue weighted by atomic mass is 16.5. The lowest BCUT2D eigenvalue weighted by Gasteiger charge is -2.14. The average Bonchev–Trinajstić information content (AvgIpc) is 2.75. The lowest BCUT2D eigenvalue weighted by atomic mass is 10.0. The molecule has 146 valence electrons. The average molecular weight is 386 g/mol. The fraction of sp³-hybridized carbons (Fsp3) is 0.0833. The molecule has 0 aromatic heterocycles. The van der Waals surface area contributed by atoms with Gasteiger partial charge in [-0.2, -0.15) is 0 Å². The molecule has 0 aliphatic rings. The maximum atomic E-state index is 13.1. The second-order valence-corrected chi connectivity index (χ2v) is 6.37. The molecule has 5 heteroatoms. The van der Waals surface area contributed by atoms with Crippen molar-refractivity contribution in [3.8, 4) is 5.75 Å². The Bertz CT molecular complexity index is 1010. The molecule has 5 nitrogen and oxygen atoms in total. The van der Waals surface area contributed by atoms with Gasteiger partial charge < -0.3 is 15.4 Å². The maximum absolute atomic E-state index is 13.1. The van der Waals surface area contributed by atoms with Crippen molar-refractivity contribution >= 4 is 23.1 Å². The molecule has 1 amide bonds. The molecular formula is C24H22N2O3. The molecule has 0 aliphatic heterocycles. The van der Waals surface area contributed by atoms with Crippen LogP contribution in [0.2, 0.25) is 0 Å². The van der Waals surface area contributed by atoms with E-state index in [1.807, 2.05) is 36.4 Å². The molecule has 0 fully saturated rings. The molecule has 3 rings (SSSR count). The number of para-hydroxylation sites is 1. The normalized spacial score (nSPS) is 11.2. The van der Waals surface area contributed by atoms with Gasteiger partial charge in [-0.25, -0.2) is 0 Å². The highest BCUT2D eigenvalue weighted by molar-refractivity contribution is 6.29. The third kappa shape index (κ3) is 5.11. The van der Waals surface area contributed by atoms with E-state index in [-0.39, 0.29) is 11.4 Å². The number of hydrogen-bond donors (Lipinski definition) is 2. The fourth-order valence-corrected chi connectivity index (χ4v) is 2.85. The van der Waals surface area contributed by atoms with Crippen LogP contribution in [0.1, 0.15) is 17.3 Å². The van der Waals surface area contributed by atoms with Gasteiger partial charge in [0.15, 0.2) is 5.78 Å². The van der Waals surface area contributed by atoms with Crippen LogP contribution in [-0.2, 0) is 4.79 Å². The first-order valence-corrected chi connectivity index (χ1v) is 9.16. The van der Waals surface area contributed by atoms with Crippen molar-refractivity contribution in [1.82, 2.24) is 0 Å². The summed E-state index contributed by atoms with van der Waals surface area (Å²) in [5.74, 6) is -0.0966. The lowest BCUT2D eigenvalue weighted by molar-refractivity contribution is -0.112. The Morgan fingerprint density at radius 2 is 1.28 bits per heavy atom. The number of benzene rings is 3. The Morgan fingerprint density at radius 1 is 0.724 bits per heavy atom. The Hall–Kier alpha value is -3.86. The van der Waals surface area contributed by atoms with Gasteiger partial charge in [-0.05, 0) is 43.3 Å². The predicted octanol–water partition coefficient (Wildman–Crippen LogP) is 4.90. The van der Waals surface area contributed by atoms with Crippen LogP contribution >= 0.6 is 0 Å². The third-order valence-electron chi connectivity index (χ3n) is 4.32. The van der Waals surface area contributed by atoms with Crippen LogP contribution in [0.3, 0.4) is 0 Å². The van der Waals surface area contributed by atoms with Crippen molar-refractivity contribution in [1.29, 1.82) is 0 Å². The van der Waals surface area contributed by atoms with Crippen LogP contribution < -0.4 is 15.4 Å². The number of ether oxygens (including phenoxy) is 1. The highest BCUT2D eigenvalue weighted by Gasteiger charge is 2.23. The van der Waals surface area contributed by atoms with Crippen LogP contribution in [0.15, 0.2) is 96.2 Å². The molecule has 29 heavy (non-hydrogen) atoms. The molecule has 0 saturated heterocycles. The van der Waals surface area contributed by atoms with Crippen molar-refractivity contribution in [3.63, 3.8) is 0 Å². The van der Waals surface area contributed by atoms with Gasteiger partial charge in [0.2, 0.25) is 0 Å². The van der Waals surface area contributed by atoms with E-state index in [1.165, 1.54) is 0 Å². The van der Waals surface area contributed by atoms with Gasteiger partial charge in [0.25, 0.3) is 5.91 Å². The largest absolute Gasteiger partial charge is 0.497 e. The van der Waals surface area contributed by atoms with E-state index < -0.39 is 5.91 Å². The molecule has 3 aromatic rings. The minimum absolute atomic E-state index is 0.0517. The number of carbonyl (C=O) groups excluding carboxylic acids is 2. The summed E-state index contributed by atoms with van der Waals surface area (Å²) in [4.78, 5) is 26.1. The molecule has 0 radical (unpaired) electrons. The van der Waals surface area contributed by atoms with Crippen molar-refractivity contribution < 1.29 is 14.3 Å². The lowest BCUT2D eigenvalue weighted by Crippen LogP contribution is -2.24. The first-order valence-electron chi connectivity index (χ1n) is 9.16. The Labute approximate surface area is 170 Å². The highest BCUT2D eigenvalue weighted by Crippen LogP contribution is 2.20. The molecule has 0 atom stereocenters. The van der Waals surface area contributed by atoms with Gasteiger partial charge in [0.1, 0.15) is 11.3 Å². The van der Waals surface area contributed by atoms with E-state index in [1.54, 1.807) is 62.6 Å². The number of Topliss-reactive ketones (excluding diaryl/α,β-unsaturated/α-hetero) is 1. The molecule has 2 N–H and O–H groups in total. The number of methoxy groups -OCH3 is 1. The van der Waals surface area contributed by atoms with E-state index in [4.69, 9.17) is 4.74 Å².